The van der Waals surface area contributed by atoms with E-state index in [-0.39, 0.29) is 17.7 Å². The van der Waals surface area contributed by atoms with Crippen molar-refractivity contribution in [2.24, 2.45) is 11.8 Å². The lowest BCUT2D eigenvalue weighted by molar-refractivity contribution is -0.119. The van der Waals surface area contributed by atoms with E-state index in [1.165, 1.54) is 18.3 Å². The van der Waals surface area contributed by atoms with Gasteiger partial charge in [0.15, 0.2) is 0 Å². The highest BCUT2D eigenvalue weighted by Crippen LogP contribution is 2.26. The first-order chi connectivity index (χ1) is 10.1. The first-order valence-electron chi connectivity index (χ1n) is 7.46. The Morgan fingerprint density at radius 3 is 2.18 bits per heavy atom. The molecule has 1 aromatic rings. The van der Waals surface area contributed by atoms with E-state index in [0.717, 1.165) is 4.88 Å². The van der Waals surface area contributed by atoms with Crippen LogP contribution in [0.15, 0.2) is 16.3 Å². The van der Waals surface area contributed by atoms with Crippen molar-refractivity contribution in [3.63, 3.8) is 0 Å². The number of hydrogen-bond acceptors (Lipinski definition) is 4. The van der Waals surface area contributed by atoms with Gasteiger partial charge in [0.1, 0.15) is 4.21 Å². The maximum absolute atomic E-state index is 12.8. The van der Waals surface area contributed by atoms with E-state index >= 15 is 0 Å². The molecular weight excluding hydrogens is 320 g/mol. The van der Waals surface area contributed by atoms with Crippen LogP contribution in [0.4, 0.5) is 0 Å². The van der Waals surface area contributed by atoms with Gasteiger partial charge in [-0.1, -0.05) is 27.7 Å². The number of carbonyl (C=O) groups excluding carboxylic acids is 1. The van der Waals surface area contributed by atoms with Crippen LogP contribution in [-0.2, 0) is 21.4 Å². The summed E-state index contributed by atoms with van der Waals surface area (Å²) in [5.74, 6) is 0.415. The third-order valence-electron chi connectivity index (χ3n) is 2.88. The van der Waals surface area contributed by atoms with Gasteiger partial charge in [-0.15, -0.1) is 11.3 Å². The molecule has 0 aliphatic heterocycles. The largest absolute Gasteiger partial charge is 0.351 e. The molecule has 1 N–H and O–H groups in total. The predicted molar refractivity (Wildman–Crippen MR) is 90.3 cm³/mol. The Morgan fingerprint density at radius 1 is 1.18 bits per heavy atom. The lowest BCUT2D eigenvalue weighted by Crippen LogP contribution is -2.36. The first-order valence-corrected chi connectivity index (χ1v) is 9.72. The molecule has 0 aliphatic carbocycles. The molecule has 1 aromatic heterocycles. The predicted octanol–water partition coefficient (Wildman–Crippen LogP) is 2.69. The number of nitrogens with zero attached hydrogens (tertiary/aromatic N) is 1. The Labute approximate surface area is 137 Å². The smallest absolute Gasteiger partial charge is 0.252 e. The van der Waals surface area contributed by atoms with Crippen molar-refractivity contribution in [1.29, 1.82) is 0 Å². The molecule has 0 aliphatic rings. The summed E-state index contributed by atoms with van der Waals surface area (Å²) >= 11 is 1.22. The van der Waals surface area contributed by atoms with E-state index in [9.17, 15) is 13.2 Å². The van der Waals surface area contributed by atoms with E-state index in [4.69, 9.17) is 0 Å². The maximum Gasteiger partial charge on any atom is 0.252 e. The van der Waals surface area contributed by atoms with Gasteiger partial charge >= 0.3 is 0 Å². The van der Waals surface area contributed by atoms with Gasteiger partial charge in [-0.25, -0.2) is 8.42 Å². The van der Waals surface area contributed by atoms with Gasteiger partial charge in [0.25, 0.3) is 10.0 Å². The summed E-state index contributed by atoms with van der Waals surface area (Å²) in [5, 5.41) is 2.68. The zero-order valence-electron chi connectivity index (χ0n) is 13.9. The van der Waals surface area contributed by atoms with E-state index in [1.807, 2.05) is 27.7 Å². The fraction of sp³-hybridized carbons (Fsp3) is 0.667. The van der Waals surface area contributed by atoms with Crippen LogP contribution in [0, 0.1) is 11.8 Å². The molecule has 0 radical (unpaired) electrons. The Kier molecular flexibility index (Phi) is 7.02. The average molecular weight is 347 g/mol. The quantitative estimate of drug-likeness (QED) is 0.787. The highest BCUT2D eigenvalue weighted by molar-refractivity contribution is 7.91. The minimum atomic E-state index is -3.47. The topological polar surface area (TPSA) is 66.5 Å². The minimum Gasteiger partial charge on any atom is -0.351 e. The molecule has 22 heavy (non-hydrogen) atoms. The number of amides is 1. The third kappa shape index (κ3) is 5.70. The molecule has 0 bridgehead atoms. The van der Waals surface area contributed by atoms with Crippen LogP contribution < -0.4 is 5.32 Å². The SMILES string of the molecule is CC(=O)NCc1ccc(S(=O)(=O)N(CC(C)C)CC(C)C)s1. The van der Waals surface area contributed by atoms with Gasteiger partial charge in [-0.05, 0) is 24.0 Å². The van der Waals surface area contributed by atoms with Crippen LogP contribution >= 0.6 is 11.3 Å². The average Bonchev–Trinajstić information content (AvgIpc) is 2.83. The van der Waals surface area contributed by atoms with Crippen molar-refractivity contribution in [3.05, 3.63) is 17.0 Å². The number of nitrogens with one attached hydrogen (secondary N) is 1. The monoisotopic (exact) mass is 346 g/mol. The van der Waals surface area contributed by atoms with Gasteiger partial charge in [-0.2, -0.15) is 4.31 Å². The highest BCUT2D eigenvalue weighted by atomic mass is 32.2. The number of hydrogen-bond donors (Lipinski definition) is 1. The fourth-order valence-electron chi connectivity index (χ4n) is 2.02. The molecule has 126 valence electrons. The molecule has 0 saturated heterocycles. The molecule has 0 fully saturated rings. The van der Waals surface area contributed by atoms with Gasteiger partial charge in [-0.3, -0.25) is 4.79 Å². The second-order valence-electron chi connectivity index (χ2n) is 6.24. The van der Waals surface area contributed by atoms with Crippen LogP contribution in [-0.4, -0.2) is 31.7 Å². The summed E-state index contributed by atoms with van der Waals surface area (Å²) in [6.07, 6.45) is 0. The Hall–Kier alpha value is -0.920. The Morgan fingerprint density at radius 2 is 1.73 bits per heavy atom. The summed E-state index contributed by atoms with van der Waals surface area (Å²) < 4.78 is 27.5. The van der Waals surface area contributed by atoms with Crippen molar-refractivity contribution >= 4 is 27.3 Å². The standard InChI is InChI=1S/C15H26N2O3S2/c1-11(2)9-17(10-12(3)4)22(19,20)15-7-6-14(21-15)8-16-13(5)18/h6-7,11-12H,8-10H2,1-5H3,(H,16,18). The molecule has 0 saturated carbocycles. The van der Waals surface area contributed by atoms with Crippen molar-refractivity contribution in [1.82, 2.24) is 9.62 Å². The van der Waals surface area contributed by atoms with Crippen molar-refractivity contribution in [3.8, 4) is 0 Å². The van der Waals surface area contributed by atoms with E-state index in [0.29, 0.717) is 23.8 Å². The molecule has 0 atom stereocenters. The fourth-order valence-corrected chi connectivity index (χ4v) is 5.23. The van der Waals surface area contributed by atoms with Crippen molar-refractivity contribution < 1.29 is 13.2 Å². The summed E-state index contributed by atoms with van der Waals surface area (Å²) in [4.78, 5) is 11.8. The van der Waals surface area contributed by atoms with Gasteiger partial charge < -0.3 is 5.32 Å². The van der Waals surface area contributed by atoms with Crippen molar-refractivity contribution in [2.45, 2.75) is 45.4 Å². The summed E-state index contributed by atoms with van der Waals surface area (Å²) in [6, 6.07) is 3.39. The third-order valence-corrected chi connectivity index (χ3v) is 6.26. The van der Waals surface area contributed by atoms with Crippen molar-refractivity contribution in [2.75, 3.05) is 13.1 Å². The number of carbonyl (C=O) groups is 1. The molecule has 0 unspecified atom stereocenters. The van der Waals surface area contributed by atoms with Gasteiger partial charge in [0, 0.05) is 24.9 Å². The summed E-state index contributed by atoms with van der Waals surface area (Å²) in [5.41, 5.74) is 0. The highest BCUT2D eigenvalue weighted by Gasteiger charge is 2.27. The van der Waals surface area contributed by atoms with Gasteiger partial charge in [0.05, 0.1) is 6.54 Å². The molecule has 1 rings (SSSR count). The number of thiophene rings is 1. The van der Waals surface area contributed by atoms with Crippen LogP contribution in [0.3, 0.4) is 0 Å². The second-order valence-corrected chi connectivity index (χ2v) is 9.57. The lowest BCUT2D eigenvalue weighted by Gasteiger charge is -2.24. The molecule has 1 heterocycles. The Bertz CT molecular complexity index is 582. The molecule has 0 aromatic carbocycles. The minimum absolute atomic E-state index is 0.126. The molecule has 7 heteroatoms. The maximum atomic E-state index is 12.8. The Balaban J connectivity index is 2.96. The van der Waals surface area contributed by atoms with Gasteiger partial charge in [0.2, 0.25) is 5.91 Å². The molecular formula is C15H26N2O3S2. The summed E-state index contributed by atoms with van der Waals surface area (Å²) in [7, 11) is -3.47. The number of sulfonamides is 1. The zero-order chi connectivity index (χ0) is 16.9. The van der Waals surface area contributed by atoms with E-state index in [2.05, 4.69) is 5.32 Å². The van der Waals surface area contributed by atoms with E-state index < -0.39 is 10.0 Å². The first kappa shape index (κ1) is 19.1. The van der Waals surface area contributed by atoms with Crippen LogP contribution in [0.5, 0.6) is 0 Å². The van der Waals surface area contributed by atoms with Crippen LogP contribution in [0.25, 0.3) is 0 Å². The molecule has 0 spiro atoms. The summed E-state index contributed by atoms with van der Waals surface area (Å²) in [6.45, 7) is 10.9. The zero-order valence-corrected chi connectivity index (χ0v) is 15.6. The molecule has 1 amide bonds. The second kappa shape index (κ2) is 8.08. The number of rotatable bonds is 8. The van der Waals surface area contributed by atoms with E-state index in [1.54, 1.807) is 16.4 Å². The molecule has 5 nitrogen and oxygen atoms in total. The van der Waals surface area contributed by atoms with Crippen LogP contribution in [0.1, 0.15) is 39.5 Å². The lowest BCUT2D eigenvalue weighted by atomic mass is 10.2. The normalized spacial score (nSPS) is 12.4. The van der Waals surface area contributed by atoms with Crippen LogP contribution in [0.2, 0.25) is 0 Å².